The first-order chi connectivity index (χ1) is 17.2. The molecular formula is C27H39O7PS. The first-order valence-corrected chi connectivity index (χ1v) is 14.9. The summed E-state index contributed by atoms with van der Waals surface area (Å²) in [5.74, 6) is -0.0562. The number of thioether (sulfide) groups is 1. The Kier molecular flexibility index (Phi) is 12.5. The highest BCUT2D eigenvalue weighted by Gasteiger charge is 2.50. The van der Waals surface area contributed by atoms with Gasteiger partial charge in [0.1, 0.15) is 5.75 Å². The molecule has 0 aliphatic rings. The quantitative estimate of drug-likeness (QED) is 0.205. The highest BCUT2D eigenvalue weighted by Crippen LogP contribution is 2.59. The summed E-state index contributed by atoms with van der Waals surface area (Å²) in [7, 11) is -2.29. The lowest BCUT2D eigenvalue weighted by molar-refractivity contribution is -0.143. The molecule has 7 nitrogen and oxygen atoms in total. The van der Waals surface area contributed by atoms with E-state index in [-0.39, 0.29) is 25.7 Å². The third-order valence-electron chi connectivity index (χ3n) is 5.63. The second-order valence-corrected chi connectivity index (χ2v) is 11.9. The predicted octanol–water partition coefficient (Wildman–Crippen LogP) is 6.43. The number of benzene rings is 2. The van der Waals surface area contributed by atoms with Crippen molar-refractivity contribution in [1.29, 1.82) is 0 Å². The zero-order valence-electron chi connectivity index (χ0n) is 22.0. The Balaban J connectivity index is 2.58. The van der Waals surface area contributed by atoms with E-state index >= 15 is 0 Å². The second kappa shape index (κ2) is 14.8. The van der Waals surface area contributed by atoms with Crippen LogP contribution < -0.4 is 4.74 Å². The number of hydrogen-bond donors (Lipinski definition) is 1. The molecule has 2 aromatic rings. The number of carbonyl (C=O) groups is 1. The van der Waals surface area contributed by atoms with Crippen LogP contribution in [0.25, 0.3) is 0 Å². The molecule has 0 heterocycles. The van der Waals surface area contributed by atoms with Crippen LogP contribution in [0.1, 0.15) is 57.1 Å². The third-order valence-corrected chi connectivity index (χ3v) is 10.2. The molecular weight excluding hydrogens is 499 g/mol. The molecule has 4 unspecified atom stereocenters. The number of esters is 1. The normalized spacial score (nSPS) is 15.2. The molecule has 0 saturated carbocycles. The molecule has 2 aromatic carbocycles. The standard InChI is InChI=1S/C27H39O7PS/c1-7-32-27(29)24(35(30,33-8-2)34-9-3)25(19(4)5)36-26(21-13-11-10-12-14-21)23(28)20-15-17-22(31-6)18-16-20/h10-19,23-26,28H,7-9H2,1-6H3. The summed E-state index contributed by atoms with van der Waals surface area (Å²) >= 11 is 1.39. The molecule has 2 rings (SSSR count). The van der Waals surface area contributed by atoms with Crippen LogP contribution in [0, 0.1) is 5.92 Å². The average Bonchev–Trinajstić information content (AvgIpc) is 2.86. The molecule has 36 heavy (non-hydrogen) atoms. The number of carbonyl (C=O) groups excluding carboxylic acids is 1. The Labute approximate surface area is 219 Å². The average molecular weight is 539 g/mol. The van der Waals surface area contributed by atoms with E-state index in [0.717, 1.165) is 5.56 Å². The Morgan fingerprint density at radius 1 is 0.917 bits per heavy atom. The molecule has 0 saturated heterocycles. The van der Waals surface area contributed by atoms with Crippen LogP contribution >= 0.6 is 19.4 Å². The summed E-state index contributed by atoms with van der Waals surface area (Å²) in [5, 5.41) is 10.5. The summed E-state index contributed by atoms with van der Waals surface area (Å²) in [6, 6.07) is 16.8. The Morgan fingerprint density at radius 2 is 1.50 bits per heavy atom. The van der Waals surface area contributed by atoms with Gasteiger partial charge in [0.15, 0.2) is 5.66 Å². The van der Waals surface area contributed by atoms with Gasteiger partial charge in [0.05, 0.1) is 38.3 Å². The minimum absolute atomic E-state index is 0.118. The van der Waals surface area contributed by atoms with Crippen molar-refractivity contribution in [3.8, 4) is 5.75 Å². The number of rotatable bonds is 15. The maximum atomic E-state index is 14.0. The van der Waals surface area contributed by atoms with Crippen molar-refractivity contribution in [1.82, 2.24) is 0 Å². The van der Waals surface area contributed by atoms with E-state index in [1.807, 2.05) is 56.3 Å². The van der Waals surface area contributed by atoms with Crippen molar-refractivity contribution in [2.45, 2.75) is 56.9 Å². The van der Waals surface area contributed by atoms with Gasteiger partial charge in [-0.3, -0.25) is 9.36 Å². The maximum Gasteiger partial charge on any atom is 0.346 e. The molecule has 0 aliphatic heterocycles. The van der Waals surface area contributed by atoms with Crippen molar-refractivity contribution in [3.63, 3.8) is 0 Å². The minimum atomic E-state index is -3.88. The monoisotopic (exact) mass is 538 g/mol. The van der Waals surface area contributed by atoms with Gasteiger partial charge < -0.3 is 23.6 Å². The number of aliphatic hydroxyl groups excluding tert-OH is 1. The lowest BCUT2D eigenvalue weighted by atomic mass is 10.0. The van der Waals surface area contributed by atoms with Gasteiger partial charge in [-0.2, -0.15) is 0 Å². The maximum absolute atomic E-state index is 14.0. The van der Waals surface area contributed by atoms with Crippen molar-refractivity contribution in [3.05, 3.63) is 65.7 Å². The van der Waals surface area contributed by atoms with Crippen molar-refractivity contribution in [2.24, 2.45) is 5.92 Å². The fourth-order valence-electron chi connectivity index (χ4n) is 3.95. The van der Waals surface area contributed by atoms with Crippen LogP contribution in [0.3, 0.4) is 0 Å². The number of ether oxygens (including phenoxy) is 2. The van der Waals surface area contributed by atoms with E-state index < -0.39 is 35.8 Å². The molecule has 0 bridgehead atoms. The second-order valence-electron chi connectivity index (χ2n) is 8.47. The molecule has 9 heteroatoms. The fraction of sp³-hybridized carbons (Fsp3) is 0.519. The zero-order valence-corrected chi connectivity index (χ0v) is 23.7. The van der Waals surface area contributed by atoms with Crippen LogP contribution in [0.2, 0.25) is 0 Å². The van der Waals surface area contributed by atoms with Gasteiger partial charge in [0, 0.05) is 5.25 Å². The van der Waals surface area contributed by atoms with Crippen LogP contribution in [-0.2, 0) is 23.1 Å². The highest BCUT2D eigenvalue weighted by atomic mass is 32.2. The molecule has 0 fully saturated rings. The molecule has 0 aliphatic carbocycles. The van der Waals surface area contributed by atoms with Crippen molar-refractivity contribution >= 4 is 25.3 Å². The van der Waals surface area contributed by atoms with Crippen LogP contribution in [0.5, 0.6) is 5.75 Å². The molecule has 1 N–H and O–H groups in total. The minimum Gasteiger partial charge on any atom is -0.497 e. The largest absolute Gasteiger partial charge is 0.497 e. The summed E-state index contributed by atoms with van der Waals surface area (Å²) < 4.78 is 35.9. The first-order valence-electron chi connectivity index (χ1n) is 12.3. The Bertz CT molecular complexity index is 958. The van der Waals surface area contributed by atoms with Crippen molar-refractivity contribution < 1.29 is 33.0 Å². The molecule has 0 radical (unpaired) electrons. The first kappa shape index (κ1) is 30.4. The summed E-state index contributed by atoms with van der Waals surface area (Å²) in [6.07, 6.45) is -0.911. The van der Waals surface area contributed by atoms with Gasteiger partial charge in [-0.1, -0.05) is 56.3 Å². The number of hydrogen-bond acceptors (Lipinski definition) is 8. The van der Waals surface area contributed by atoms with Gasteiger partial charge in [-0.25, -0.2) is 0 Å². The Morgan fingerprint density at radius 3 is 1.97 bits per heavy atom. The van der Waals surface area contributed by atoms with Gasteiger partial charge in [-0.15, -0.1) is 11.8 Å². The molecule has 200 valence electrons. The lowest BCUT2D eigenvalue weighted by Crippen LogP contribution is -2.39. The van der Waals surface area contributed by atoms with Gasteiger partial charge in [-0.05, 0) is 49.9 Å². The number of aliphatic hydroxyl groups is 1. The van der Waals surface area contributed by atoms with Gasteiger partial charge >= 0.3 is 13.6 Å². The molecule has 4 atom stereocenters. The zero-order chi connectivity index (χ0) is 26.7. The topological polar surface area (TPSA) is 91.3 Å². The van der Waals surface area contributed by atoms with E-state index in [4.69, 9.17) is 18.5 Å². The van der Waals surface area contributed by atoms with Crippen molar-refractivity contribution in [2.75, 3.05) is 26.9 Å². The predicted molar refractivity (Wildman–Crippen MR) is 145 cm³/mol. The lowest BCUT2D eigenvalue weighted by Gasteiger charge is -2.36. The fourth-order valence-corrected chi connectivity index (χ4v) is 8.29. The van der Waals surface area contributed by atoms with Crippen LogP contribution in [-0.4, -0.2) is 48.9 Å². The SMILES string of the molecule is CCOC(=O)C(C(SC(c1ccccc1)C(O)c1ccc(OC)cc1)C(C)C)P(=O)(OCC)OCC. The third kappa shape index (κ3) is 7.83. The van der Waals surface area contributed by atoms with E-state index in [1.165, 1.54) is 11.8 Å². The van der Waals surface area contributed by atoms with Crippen LogP contribution in [0.4, 0.5) is 0 Å². The molecule has 0 amide bonds. The Hall–Kier alpha value is -1.83. The van der Waals surface area contributed by atoms with Gasteiger partial charge in [0.2, 0.25) is 0 Å². The summed E-state index contributed by atoms with van der Waals surface area (Å²) in [5.41, 5.74) is 0.420. The van der Waals surface area contributed by atoms with Crippen LogP contribution in [0.15, 0.2) is 54.6 Å². The summed E-state index contributed by atoms with van der Waals surface area (Å²) in [4.78, 5) is 13.3. The van der Waals surface area contributed by atoms with E-state index in [9.17, 15) is 14.5 Å². The number of methoxy groups -OCH3 is 1. The highest BCUT2D eigenvalue weighted by molar-refractivity contribution is 8.00. The van der Waals surface area contributed by atoms with E-state index in [0.29, 0.717) is 11.3 Å². The molecule has 0 aromatic heterocycles. The molecule has 0 spiro atoms. The smallest absolute Gasteiger partial charge is 0.346 e. The van der Waals surface area contributed by atoms with Gasteiger partial charge in [0.25, 0.3) is 0 Å². The summed E-state index contributed by atoms with van der Waals surface area (Å²) in [6.45, 7) is 9.43. The van der Waals surface area contributed by atoms with E-state index in [2.05, 4.69) is 0 Å². The van der Waals surface area contributed by atoms with E-state index in [1.54, 1.807) is 40.0 Å².